The van der Waals surface area contributed by atoms with Crippen molar-refractivity contribution in [3.63, 3.8) is 0 Å². The predicted octanol–water partition coefficient (Wildman–Crippen LogP) is 1.90. The topological polar surface area (TPSA) is 110 Å². The number of nitrogens with zero attached hydrogens (tertiary/aromatic N) is 2. The summed E-state index contributed by atoms with van der Waals surface area (Å²) in [4.78, 5) is 48.6. The average Bonchev–Trinajstić information content (AvgIpc) is 2.90. The number of amides is 3. The van der Waals surface area contributed by atoms with Crippen molar-refractivity contribution in [2.75, 3.05) is 0 Å². The Hall–Kier alpha value is -3.55. The van der Waals surface area contributed by atoms with Crippen LogP contribution in [0.5, 0.6) is 0 Å². The first kappa shape index (κ1) is 17.3. The predicted molar refractivity (Wildman–Crippen MR) is 91.3 cm³/mol. The number of imide groups is 1. The van der Waals surface area contributed by atoms with Crippen LogP contribution in [0.4, 0.5) is 5.69 Å². The van der Waals surface area contributed by atoms with Gasteiger partial charge < -0.3 is 5.32 Å². The van der Waals surface area contributed by atoms with Gasteiger partial charge in [-0.3, -0.25) is 29.4 Å². The summed E-state index contributed by atoms with van der Waals surface area (Å²) in [6.45, 7) is 1.65. The van der Waals surface area contributed by atoms with Gasteiger partial charge in [0.25, 0.3) is 17.5 Å². The highest BCUT2D eigenvalue weighted by Gasteiger charge is 2.44. The molecule has 2 aromatic rings. The maximum Gasteiger partial charge on any atom is 0.282 e. The van der Waals surface area contributed by atoms with Crippen LogP contribution >= 0.6 is 0 Å². The molecule has 1 atom stereocenters. The quantitative estimate of drug-likeness (QED) is 0.501. The normalized spacial score (nSPS) is 14.1. The highest BCUT2D eigenvalue weighted by atomic mass is 16.6. The minimum atomic E-state index is -1.09. The number of hydrogen-bond acceptors (Lipinski definition) is 5. The standard InChI is InChI=1S/C18H15N3O5/c1-11(16(22)19-10-12-6-3-2-4-7-12)20-17(23)13-8-5-9-14(21(25)26)15(13)18(20)24/h2-9,11H,10H2,1H3,(H,19,22)/t11-/m1/s1. The summed E-state index contributed by atoms with van der Waals surface area (Å²) >= 11 is 0. The Morgan fingerprint density at radius 2 is 1.81 bits per heavy atom. The minimum Gasteiger partial charge on any atom is -0.350 e. The maximum absolute atomic E-state index is 12.6. The van der Waals surface area contributed by atoms with Crippen molar-refractivity contribution in [2.45, 2.75) is 19.5 Å². The molecule has 0 saturated heterocycles. The average molecular weight is 353 g/mol. The SMILES string of the molecule is C[C@H](C(=O)NCc1ccccc1)N1C(=O)c2cccc([N+](=O)[O-])c2C1=O. The van der Waals surface area contributed by atoms with Gasteiger partial charge in [0.15, 0.2) is 0 Å². The summed E-state index contributed by atoms with van der Waals surface area (Å²) in [7, 11) is 0. The molecular weight excluding hydrogens is 338 g/mol. The molecule has 8 nitrogen and oxygen atoms in total. The zero-order valence-electron chi connectivity index (χ0n) is 13.8. The summed E-state index contributed by atoms with van der Waals surface area (Å²) in [5, 5.41) is 13.8. The second-order valence-corrected chi connectivity index (χ2v) is 5.82. The van der Waals surface area contributed by atoms with E-state index >= 15 is 0 Å². The van der Waals surface area contributed by atoms with Gasteiger partial charge in [-0.15, -0.1) is 0 Å². The van der Waals surface area contributed by atoms with Crippen LogP contribution in [0.25, 0.3) is 0 Å². The molecule has 3 amide bonds. The van der Waals surface area contributed by atoms with Gasteiger partial charge in [0.1, 0.15) is 11.6 Å². The molecule has 1 heterocycles. The fourth-order valence-corrected chi connectivity index (χ4v) is 2.84. The number of carbonyl (C=O) groups excluding carboxylic acids is 3. The zero-order chi connectivity index (χ0) is 18.8. The Labute approximate surface area is 148 Å². The van der Waals surface area contributed by atoms with E-state index in [9.17, 15) is 24.5 Å². The van der Waals surface area contributed by atoms with Gasteiger partial charge in [0.05, 0.1) is 10.5 Å². The number of rotatable bonds is 5. The van der Waals surface area contributed by atoms with Crippen molar-refractivity contribution in [3.8, 4) is 0 Å². The van der Waals surface area contributed by atoms with E-state index in [2.05, 4.69) is 5.32 Å². The number of hydrogen-bond donors (Lipinski definition) is 1. The lowest BCUT2D eigenvalue weighted by Crippen LogP contribution is -2.47. The highest BCUT2D eigenvalue weighted by Crippen LogP contribution is 2.31. The van der Waals surface area contributed by atoms with Crippen LogP contribution in [0.2, 0.25) is 0 Å². The molecule has 1 aliphatic rings. The first-order chi connectivity index (χ1) is 12.4. The third kappa shape index (κ3) is 2.92. The first-order valence-corrected chi connectivity index (χ1v) is 7.88. The fraction of sp³-hybridized carbons (Fsp3) is 0.167. The van der Waals surface area contributed by atoms with Crippen LogP contribution in [0.3, 0.4) is 0 Å². The van der Waals surface area contributed by atoms with E-state index < -0.39 is 34.4 Å². The Morgan fingerprint density at radius 1 is 1.12 bits per heavy atom. The number of nitro groups is 1. The molecule has 3 rings (SSSR count). The van der Waals surface area contributed by atoms with Gasteiger partial charge in [0, 0.05) is 12.6 Å². The third-order valence-corrected chi connectivity index (χ3v) is 4.20. The largest absolute Gasteiger partial charge is 0.350 e. The van der Waals surface area contributed by atoms with E-state index in [1.54, 1.807) is 0 Å². The number of benzene rings is 2. The Bertz CT molecular complexity index is 910. The molecule has 0 unspecified atom stereocenters. The molecule has 0 aliphatic carbocycles. The second kappa shape index (κ2) is 6.75. The molecule has 1 aliphatic heterocycles. The maximum atomic E-state index is 12.6. The van der Waals surface area contributed by atoms with Crippen LogP contribution in [-0.2, 0) is 11.3 Å². The highest BCUT2D eigenvalue weighted by molar-refractivity contribution is 6.24. The van der Waals surface area contributed by atoms with Gasteiger partial charge in [0.2, 0.25) is 5.91 Å². The van der Waals surface area contributed by atoms with Crippen molar-refractivity contribution in [1.29, 1.82) is 0 Å². The minimum absolute atomic E-state index is 0.0630. The van der Waals surface area contributed by atoms with E-state index in [-0.39, 0.29) is 17.7 Å². The van der Waals surface area contributed by atoms with Crippen molar-refractivity contribution < 1.29 is 19.3 Å². The summed E-state index contributed by atoms with van der Waals surface area (Å²) < 4.78 is 0. The molecule has 0 radical (unpaired) electrons. The van der Waals surface area contributed by atoms with Crippen LogP contribution in [-0.4, -0.2) is 33.6 Å². The smallest absolute Gasteiger partial charge is 0.282 e. The van der Waals surface area contributed by atoms with Gasteiger partial charge in [-0.25, -0.2) is 0 Å². The Balaban J connectivity index is 1.80. The summed E-state index contributed by atoms with van der Waals surface area (Å²) in [5.74, 6) is -2.07. The molecule has 8 heteroatoms. The molecule has 26 heavy (non-hydrogen) atoms. The van der Waals surface area contributed by atoms with Gasteiger partial charge in [-0.05, 0) is 18.6 Å². The van der Waals surface area contributed by atoms with Gasteiger partial charge >= 0.3 is 0 Å². The number of fused-ring (bicyclic) bond motifs is 1. The lowest BCUT2D eigenvalue weighted by Gasteiger charge is -2.21. The van der Waals surface area contributed by atoms with Crippen LogP contribution in [0.1, 0.15) is 33.2 Å². The van der Waals surface area contributed by atoms with E-state index in [4.69, 9.17) is 0 Å². The molecule has 0 fully saturated rings. The van der Waals surface area contributed by atoms with Crippen LogP contribution < -0.4 is 5.32 Å². The Kier molecular flexibility index (Phi) is 4.49. The van der Waals surface area contributed by atoms with E-state index in [1.807, 2.05) is 30.3 Å². The first-order valence-electron chi connectivity index (χ1n) is 7.88. The molecule has 0 bridgehead atoms. The second-order valence-electron chi connectivity index (χ2n) is 5.82. The van der Waals surface area contributed by atoms with E-state index in [1.165, 1.54) is 19.1 Å². The number of nitrogens with one attached hydrogen (secondary N) is 1. The van der Waals surface area contributed by atoms with Gasteiger partial charge in [-0.1, -0.05) is 36.4 Å². The number of nitro benzene ring substituents is 1. The Morgan fingerprint density at radius 3 is 2.46 bits per heavy atom. The lowest BCUT2D eigenvalue weighted by atomic mass is 10.1. The molecule has 132 valence electrons. The van der Waals surface area contributed by atoms with Gasteiger partial charge in [-0.2, -0.15) is 0 Å². The lowest BCUT2D eigenvalue weighted by molar-refractivity contribution is -0.385. The third-order valence-electron chi connectivity index (χ3n) is 4.20. The van der Waals surface area contributed by atoms with Crippen molar-refractivity contribution in [3.05, 3.63) is 75.3 Å². The summed E-state index contributed by atoms with van der Waals surface area (Å²) in [6, 6.07) is 11.9. The monoisotopic (exact) mass is 353 g/mol. The molecule has 2 aromatic carbocycles. The fourth-order valence-electron chi connectivity index (χ4n) is 2.84. The molecule has 0 spiro atoms. The summed E-state index contributed by atoms with van der Waals surface area (Å²) in [6.07, 6.45) is 0. The number of carbonyl (C=O) groups is 3. The molecular formula is C18H15N3O5. The van der Waals surface area contributed by atoms with E-state index in [0.717, 1.165) is 16.5 Å². The molecule has 1 N–H and O–H groups in total. The molecule has 0 aromatic heterocycles. The van der Waals surface area contributed by atoms with Crippen LogP contribution in [0, 0.1) is 10.1 Å². The van der Waals surface area contributed by atoms with E-state index in [0.29, 0.717) is 0 Å². The zero-order valence-corrected chi connectivity index (χ0v) is 13.8. The summed E-state index contributed by atoms with van der Waals surface area (Å²) in [5.41, 5.74) is 0.0865. The van der Waals surface area contributed by atoms with Crippen molar-refractivity contribution >= 4 is 23.4 Å². The van der Waals surface area contributed by atoms with Crippen molar-refractivity contribution in [1.82, 2.24) is 10.2 Å². The van der Waals surface area contributed by atoms with Crippen molar-refractivity contribution in [2.24, 2.45) is 0 Å². The van der Waals surface area contributed by atoms with Crippen LogP contribution in [0.15, 0.2) is 48.5 Å². The molecule has 0 saturated carbocycles.